The van der Waals surface area contributed by atoms with Crippen molar-refractivity contribution in [3.8, 4) is 5.75 Å². The molecule has 0 radical (unpaired) electrons. The summed E-state index contributed by atoms with van der Waals surface area (Å²) in [4.78, 5) is 24.5. The Morgan fingerprint density at radius 3 is 2.29 bits per heavy atom. The van der Waals surface area contributed by atoms with Crippen LogP contribution < -0.4 is 16.2 Å². The maximum Gasteiger partial charge on any atom is 0.330 e. The van der Waals surface area contributed by atoms with E-state index in [1.807, 2.05) is 26.0 Å². The average Bonchev–Trinajstić information content (AvgIpc) is 2.82. The summed E-state index contributed by atoms with van der Waals surface area (Å²) >= 11 is 0. The molecular weight excluding hydrogens is 432 g/mol. The lowest BCUT2D eigenvalue weighted by Gasteiger charge is -2.26. The van der Waals surface area contributed by atoms with Gasteiger partial charge in [-0.15, -0.1) is 0 Å². The highest BCUT2D eigenvalue weighted by Gasteiger charge is 2.27. The van der Waals surface area contributed by atoms with E-state index in [1.54, 1.807) is 36.4 Å². The Hall–Kier alpha value is -3.32. The highest BCUT2D eigenvalue weighted by atomic mass is 16.5. The van der Waals surface area contributed by atoms with Crippen LogP contribution in [0.25, 0.3) is 6.08 Å². The maximum absolute atomic E-state index is 12.4. The van der Waals surface area contributed by atoms with Crippen LogP contribution in [0.15, 0.2) is 48.5 Å². The van der Waals surface area contributed by atoms with Crippen molar-refractivity contribution in [2.45, 2.75) is 51.6 Å². The first-order valence-electron chi connectivity index (χ1n) is 11.8. The average molecular weight is 467 g/mol. The monoisotopic (exact) mass is 466 g/mol. The zero-order valence-corrected chi connectivity index (χ0v) is 19.9. The summed E-state index contributed by atoms with van der Waals surface area (Å²) in [5.41, 5.74) is 14.5. The standard InChI is InChI=1S/C27H34N2O5/c1-3-32-24-11-7-20(8-12-24)27(31)34-25-9-4-19(5-10-25)6-13-26(30)33-17-18(2)21-14-22(28)16-23(29)15-21/h4-6,9-10,13-16,18,20,24H,3,7-8,11-12,17,28-29H2,1-2H3. The van der Waals surface area contributed by atoms with Crippen molar-refractivity contribution in [3.05, 3.63) is 59.7 Å². The quantitative estimate of drug-likeness (QED) is 0.238. The summed E-state index contributed by atoms with van der Waals surface area (Å²) in [5, 5.41) is 0. The van der Waals surface area contributed by atoms with Gasteiger partial charge in [-0.1, -0.05) is 19.1 Å². The Balaban J connectivity index is 1.44. The molecule has 1 atom stereocenters. The summed E-state index contributed by atoms with van der Waals surface area (Å²) in [6.07, 6.45) is 6.64. The molecule has 1 unspecified atom stereocenters. The molecule has 0 spiro atoms. The van der Waals surface area contributed by atoms with Gasteiger partial charge in [-0.25, -0.2) is 4.79 Å². The number of nitrogen functional groups attached to an aromatic ring is 2. The third-order valence-electron chi connectivity index (χ3n) is 5.96. The van der Waals surface area contributed by atoms with E-state index in [4.69, 9.17) is 25.7 Å². The molecule has 1 aliphatic carbocycles. The van der Waals surface area contributed by atoms with Gasteiger partial charge in [-0.05, 0) is 80.1 Å². The molecule has 0 aromatic heterocycles. The molecular formula is C27H34N2O5. The van der Waals surface area contributed by atoms with Crippen LogP contribution in [-0.4, -0.2) is 31.3 Å². The number of benzene rings is 2. The van der Waals surface area contributed by atoms with Crippen LogP contribution in [0, 0.1) is 5.92 Å². The van der Waals surface area contributed by atoms with E-state index in [9.17, 15) is 9.59 Å². The van der Waals surface area contributed by atoms with E-state index in [0.717, 1.165) is 36.8 Å². The van der Waals surface area contributed by atoms with Crippen LogP contribution in [0.3, 0.4) is 0 Å². The lowest BCUT2D eigenvalue weighted by molar-refractivity contribution is -0.141. The minimum Gasteiger partial charge on any atom is -0.462 e. The van der Waals surface area contributed by atoms with Crippen molar-refractivity contribution in [2.24, 2.45) is 5.92 Å². The molecule has 2 aromatic carbocycles. The van der Waals surface area contributed by atoms with E-state index in [-0.39, 0.29) is 30.5 Å². The van der Waals surface area contributed by atoms with Gasteiger partial charge in [0.15, 0.2) is 0 Å². The van der Waals surface area contributed by atoms with Crippen LogP contribution in [0.5, 0.6) is 5.75 Å². The predicted molar refractivity (Wildman–Crippen MR) is 133 cm³/mol. The summed E-state index contributed by atoms with van der Waals surface area (Å²) < 4.78 is 16.5. The van der Waals surface area contributed by atoms with E-state index in [1.165, 1.54) is 6.08 Å². The molecule has 0 bridgehead atoms. The smallest absolute Gasteiger partial charge is 0.330 e. The molecule has 7 nitrogen and oxygen atoms in total. The maximum atomic E-state index is 12.4. The molecule has 3 rings (SSSR count). The lowest BCUT2D eigenvalue weighted by Crippen LogP contribution is -2.28. The SMILES string of the molecule is CCOC1CCC(C(=O)Oc2ccc(C=CC(=O)OCC(C)c3cc(N)cc(N)c3)cc2)CC1. The van der Waals surface area contributed by atoms with Gasteiger partial charge < -0.3 is 25.7 Å². The number of hydrogen-bond donors (Lipinski definition) is 2. The Labute approximate surface area is 201 Å². The van der Waals surface area contributed by atoms with Crippen molar-refractivity contribution < 1.29 is 23.8 Å². The summed E-state index contributed by atoms with van der Waals surface area (Å²) in [6, 6.07) is 12.4. The Bertz CT molecular complexity index is 974. The van der Waals surface area contributed by atoms with Crippen molar-refractivity contribution in [1.29, 1.82) is 0 Å². The molecule has 1 fully saturated rings. The van der Waals surface area contributed by atoms with Gasteiger partial charge in [0, 0.05) is 30.0 Å². The van der Waals surface area contributed by atoms with E-state index < -0.39 is 5.97 Å². The molecule has 7 heteroatoms. The van der Waals surface area contributed by atoms with Crippen molar-refractivity contribution in [2.75, 3.05) is 24.7 Å². The van der Waals surface area contributed by atoms with Gasteiger partial charge >= 0.3 is 11.9 Å². The zero-order valence-electron chi connectivity index (χ0n) is 19.9. The van der Waals surface area contributed by atoms with E-state index in [2.05, 4.69) is 0 Å². The normalized spacial score (nSPS) is 19.0. The first-order chi connectivity index (χ1) is 16.3. The number of ether oxygens (including phenoxy) is 3. The van der Waals surface area contributed by atoms with Gasteiger partial charge in [-0.2, -0.15) is 0 Å². The molecule has 0 saturated heterocycles. The molecule has 182 valence electrons. The first kappa shape index (κ1) is 25.3. The fourth-order valence-electron chi connectivity index (χ4n) is 4.05. The second-order valence-corrected chi connectivity index (χ2v) is 8.72. The van der Waals surface area contributed by atoms with Crippen molar-refractivity contribution in [1.82, 2.24) is 0 Å². The molecule has 0 aliphatic heterocycles. The predicted octanol–water partition coefficient (Wildman–Crippen LogP) is 4.71. The van der Waals surface area contributed by atoms with Crippen molar-refractivity contribution in [3.63, 3.8) is 0 Å². The van der Waals surface area contributed by atoms with Crippen LogP contribution in [-0.2, 0) is 19.1 Å². The number of esters is 2. The largest absolute Gasteiger partial charge is 0.462 e. The zero-order chi connectivity index (χ0) is 24.5. The number of nitrogens with two attached hydrogens (primary N) is 2. The number of hydrogen-bond acceptors (Lipinski definition) is 7. The highest BCUT2D eigenvalue weighted by Crippen LogP contribution is 2.28. The summed E-state index contributed by atoms with van der Waals surface area (Å²) in [7, 11) is 0. The highest BCUT2D eigenvalue weighted by molar-refractivity contribution is 5.87. The lowest BCUT2D eigenvalue weighted by atomic mass is 9.87. The second kappa shape index (κ2) is 12.2. The number of carbonyl (C=O) groups excluding carboxylic acids is 2. The van der Waals surface area contributed by atoms with Crippen LogP contribution in [0.1, 0.15) is 56.6 Å². The van der Waals surface area contributed by atoms with Gasteiger partial charge in [0.2, 0.25) is 0 Å². The topological polar surface area (TPSA) is 114 Å². The first-order valence-corrected chi connectivity index (χ1v) is 11.8. The van der Waals surface area contributed by atoms with Gasteiger partial charge in [0.1, 0.15) is 5.75 Å². The summed E-state index contributed by atoms with van der Waals surface area (Å²) in [5.74, 6) is -0.268. The number of rotatable bonds is 9. The van der Waals surface area contributed by atoms with E-state index >= 15 is 0 Å². The molecule has 2 aromatic rings. The third-order valence-corrected chi connectivity index (χ3v) is 5.96. The molecule has 0 amide bonds. The number of carbonyl (C=O) groups is 2. The Morgan fingerprint density at radius 1 is 1.03 bits per heavy atom. The molecule has 1 saturated carbocycles. The van der Waals surface area contributed by atoms with Crippen LogP contribution in [0.4, 0.5) is 11.4 Å². The van der Waals surface area contributed by atoms with Gasteiger partial charge in [0.05, 0.1) is 18.6 Å². The molecule has 4 N–H and O–H groups in total. The van der Waals surface area contributed by atoms with Gasteiger partial charge in [-0.3, -0.25) is 4.79 Å². The third kappa shape index (κ3) is 7.63. The fourth-order valence-corrected chi connectivity index (χ4v) is 4.05. The molecule has 34 heavy (non-hydrogen) atoms. The Morgan fingerprint density at radius 2 is 1.68 bits per heavy atom. The minimum absolute atomic E-state index is 0.0358. The molecule has 1 aliphatic rings. The van der Waals surface area contributed by atoms with Crippen LogP contribution in [0.2, 0.25) is 0 Å². The minimum atomic E-state index is -0.443. The fraction of sp³-hybridized carbons (Fsp3) is 0.407. The number of anilines is 2. The van der Waals surface area contributed by atoms with Crippen molar-refractivity contribution >= 4 is 29.4 Å². The second-order valence-electron chi connectivity index (χ2n) is 8.72. The Kier molecular flexibility index (Phi) is 9.10. The van der Waals surface area contributed by atoms with Crippen LogP contribution >= 0.6 is 0 Å². The van der Waals surface area contributed by atoms with Gasteiger partial charge in [0.25, 0.3) is 0 Å². The summed E-state index contributed by atoms with van der Waals surface area (Å²) in [6.45, 7) is 4.85. The van der Waals surface area contributed by atoms with E-state index in [0.29, 0.717) is 23.7 Å². The molecule has 0 heterocycles.